The Morgan fingerprint density at radius 1 is 1.38 bits per heavy atom. The number of nitrogens with one attached hydrogen (secondary N) is 2. The molecule has 24 heavy (non-hydrogen) atoms. The number of anilines is 1. The Labute approximate surface area is 148 Å². The summed E-state index contributed by atoms with van der Waals surface area (Å²) < 4.78 is 32.7. The lowest BCUT2D eigenvalue weighted by Crippen LogP contribution is -2.16. The summed E-state index contributed by atoms with van der Waals surface area (Å²) in [6.07, 6.45) is -0.599. The Balaban J connectivity index is 1.99. The molecule has 126 valence electrons. The predicted octanol–water partition coefficient (Wildman–Crippen LogP) is 2.82. The molecule has 0 amide bonds. The van der Waals surface area contributed by atoms with E-state index in [4.69, 9.17) is 4.74 Å². The van der Waals surface area contributed by atoms with Crippen LogP contribution in [0.15, 0.2) is 18.2 Å². The number of benzene rings is 1. The number of hydrogen-bond donors (Lipinski definition) is 3. The first-order chi connectivity index (χ1) is 11.4. The van der Waals surface area contributed by atoms with E-state index in [0.29, 0.717) is 26.6 Å². The summed E-state index contributed by atoms with van der Waals surface area (Å²) in [5, 5.41) is 19.8. The molecule has 7 nitrogen and oxygen atoms in total. The van der Waals surface area contributed by atoms with Crippen LogP contribution in [0.2, 0.25) is 0 Å². The van der Waals surface area contributed by atoms with E-state index in [1.54, 1.807) is 6.92 Å². The van der Waals surface area contributed by atoms with Crippen molar-refractivity contribution >= 4 is 39.4 Å². The van der Waals surface area contributed by atoms with E-state index >= 15 is 0 Å². The summed E-state index contributed by atoms with van der Waals surface area (Å²) in [7, 11) is 0. The second-order valence-electron chi connectivity index (χ2n) is 5.00. The Hall–Kier alpha value is -2.08. The van der Waals surface area contributed by atoms with Gasteiger partial charge in [0.1, 0.15) is 15.3 Å². The number of halogens is 3. The Morgan fingerprint density at radius 2 is 2.17 bits per heavy atom. The maximum Gasteiger partial charge on any atom is 0.326 e. The van der Waals surface area contributed by atoms with E-state index in [9.17, 15) is 13.9 Å². The highest BCUT2D eigenvalue weighted by atomic mass is 127. The predicted molar refractivity (Wildman–Crippen MR) is 91.0 cm³/mol. The van der Waals surface area contributed by atoms with Crippen LogP contribution in [0.25, 0.3) is 11.0 Å². The zero-order valence-corrected chi connectivity index (χ0v) is 14.5. The zero-order chi connectivity index (χ0) is 17.3. The van der Waals surface area contributed by atoms with E-state index in [1.165, 1.54) is 0 Å². The molecule has 2 heterocycles. The standard InChI is InChI=1S/C14H12F2IN5O2/c1-6(23)5-18-12-10-11(17)21-22-13(10)20-14(19-12)24-9-3-2-7(15)4-8(9)16/h2-4,6,23H,5H2,1H3,(H2,18,19,20,21,22)/t6-/m1/s1. The molecule has 0 aliphatic heterocycles. The number of ether oxygens (including phenoxy) is 1. The molecular formula is C14H12F2IN5O2. The second-order valence-corrected chi connectivity index (χ2v) is 6.08. The Bertz CT molecular complexity index is 887. The van der Waals surface area contributed by atoms with Crippen molar-refractivity contribution in [1.82, 2.24) is 20.2 Å². The van der Waals surface area contributed by atoms with Gasteiger partial charge in [-0.3, -0.25) is 5.10 Å². The number of fused-ring (bicyclic) bond motifs is 1. The third-order valence-corrected chi connectivity index (χ3v) is 3.79. The van der Waals surface area contributed by atoms with Crippen LogP contribution in [0.3, 0.4) is 0 Å². The molecule has 0 bridgehead atoms. The van der Waals surface area contributed by atoms with Crippen LogP contribution in [0.5, 0.6) is 11.8 Å². The van der Waals surface area contributed by atoms with Crippen LogP contribution in [0, 0.1) is 15.3 Å². The van der Waals surface area contributed by atoms with Gasteiger partial charge in [-0.15, -0.1) is 0 Å². The molecule has 10 heteroatoms. The molecule has 3 N–H and O–H groups in total. The van der Waals surface area contributed by atoms with E-state index in [1.807, 2.05) is 22.6 Å². The minimum absolute atomic E-state index is 0.149. The van der Waals surface area contributed by atoms with Crippen LogP contribution < -0.4 is 10.1 Å². The molecule has 1 aromatic carbocycles. The van der Waals surface area contributed by atoms with Gasteiger partial charge in [-0.1, -0.05) is 0 Å². The average Bonchev–Trinajstić information content (AvgIpc) is 2.89. The van der Waals surface area contributed by atoms with Crippen molar-refractivity contribution in [2.45, 2.75) is 13.0 Å². The molecular weight excluding hydrogens is 435 g/mol. The molecule has 0 fully saturated rings. The van der Waals surface area contributed by atoms with Gasteiger partial charge in [0.15, 0.2) is 17.2 Å². The van der Waals surface area contributed by atoms with Gasteiger partial charge < -0.3 is 15.2 Å². The third kappa shape index (κ3) is 3.53. The first kappa shape index (κ1) is 16.8. The quantitative estimate of drug-likeness (QED) is 0.521. The molecule has 3 aromatic rings. The van der Waals surface area contributed by atoms with E-state index in [0.717, 1.165) is 12.1 Å². The highest BCUT2D eigenvalue weighted by molar-refractivity contribution is 14.1. The number of hydrogen-bond acceptors (Lipinski definition) is 6. The van der Waals surface area contributed by atoms with Crippen LogP contribution >= 0.6 is 22.6 Å². The molecule has 0 aliphatic carbocycles. The minimum atomic E-state index is -0.867. The molecule has 3 rings (SSSR count). The van der Waals surface area contributed by atoms with Crippen molar-refractivity contribution in [2.75, 3.05) is 11.9 Å². The number of aliphatic hydroxyl groups is 1. The third-order valence-electron chi connectivity index (χ3n) is 3.01. The van der Waals surface area contributed by atoms with Crippen molar-refractivity contribution in [3.05, 3.63) is 33.5 Å². The highest BCUT2D eigenvalue weighted by Crippen LogP contribution is 2.28. The minimum Gasteiger partial charge on any atom is -0.421 e. The van der Waals surface area contributed by atoms with Gasteiger partial charge in [-0.25, -0.2) is 8.78 Å². The van der Waals surface area contributed by atoms with Crippen molar-refractivity contribution in [1.29, 1.82) is 0 Å². The van der Waals surface area contributed by atoms with Gasteiger partial charge in [0.25, 0.3) is 0 Å². The summed E-state index contributed by atoms with van der Waals surface area (Å²) in [6, 6.07) is 2.78. The van der Waals surface area contributed by atoms with Gasteiger partial charge in [0, 0.05) is 12.6 Å². The van der Waals surface area contributed by atoms with Gasteiger partial charge >= 0.3 is 6.01 Å². The van der Waals surface area contributed by atoms with Crippen molar-refractivity contribution in [2.24, 2.45) is 0 Å². The van der Waals surface area contributed by atoms with Crippen molar-refractivity contribution in [3.63, 3.8) is 0 Å². The highest BCUT2D eigenvalue weighted by Gasteiger charge is 2.16. The van der Waals surface area contributed by atoms with Crippen LogP contribution in [-0.2, 0) is 0 Å². The Kier molecular flexibility index (Phi) is 4.76. The normalized spacial score (nSPS) is 12.4. The summed E-state index contributed by atoms with van der Waals surface area (Å²) >= 11 is 2.04. The molecule has 1 atom stereocenters. The Morgan fingerprint density at radius 3 is 2.88 bits per heavy atom. The number of aromatic nitrogens is 4. The van der Waals surface area contributed by atoms with E-state index in [2.05, 4.69) is 25.5 Å². The largest absolute Gasteiger partial charge is 0.421 e. The monoisotopic (exact) mass is 447 g/mol. The number of rotatable bonds is 5. The van der Waals surface area contributed by atoms with Crippen LogP contribution in [0.1, 0.15) is 6.92 Å². The van der Waals surface area contributed by atoms with Gasteiger partial charge in [0.2, 0.25) is 0 Å². The molecule has 0 unspecified atom stereocenters. The fourth-order valence-corrected chi connectivity index (χ4v) is 2.56. The zero-order valence-electron chi connectivity index (χ0n) is 12.3. The van der Waals surface area contributed by atoms with Crippen LogP contribution in [0.4, 0.5) is 14.6 Å². The van der Waals surface area contributed by atoms with Crippen LogP contribution in [-0.4, -0.2) is 37.9 Å². The molecule has 0 saturated carbocycles. The number of nitrogens with zero attached hydrogens (tertiary/aromatic N) is 3. The van der Waals surface area contributed by atoms with E-state index < -0.39 is 17.7 Å². The second kappa shape index (κ2) is 6.81. The number of aromatic amines is 1. The summed E-state index contributed by atoms with van der Waals surface area (Å²) in [4.78, 5) is 8.28. The molecule has 2 aromatic heterocycles. The lowest BCUT2D eigenvalue weighted by atomic mass is 10.3. The number of aliphatic hydroxyl groups excluding tert-OH is 1. The lowest BCUT2D eigenvalue weighted by molar-refractivity contribution is 0.208. The lowest BCUT2D eigenvalue weighted by Gasteiger charge is -2.10. The molecule has 0 aliphatic rings. The molecule has 0 radical (unpaired) electrons. The SMILES string of the molecule is C[C@@H](O)CNc1nc(Oc2ccc(F)cc2F)nc2n[nH]c(I)c12. The summed E-state index contributed by atoms with van der Waals surface area (Å²) in [5.41, 5.74) is 0.319. The average molecular weight is 447 g/mol. The molecule has 0 saturated heterocycles. The first-order valence-corrected chi connectivity index (χ1v) is 7.98. The van der Waals surface area contributed by atoms with Gasteiger partial charge in [-0.05, 0) is 41.6 Å². The van der Waals surface area contributed by atoms with Gasteiger partial charge in [-0.2, -0.15) is 15.1 Å². The maximum absolute atomic E-state index is 13.7. The van der Waals surface area contributed by atoms with Crippen molar-refractivity contribution < 1.29 is 18.6 Å². The number of H-pyrrole nitrogens is 1. The molecule has 0 spiro atoms. The van der Waals surface area contributed by atoms with Crippen molar-refractivity contribution in [3.8, 4) is 11.8 Å². The first-order valence-electron chi connectivity index (χ1n) is 6.90. The topological polar surface area (TPSA) is 95.9 Å². The summed E-state index contributed by atoms with van der Waals surface area (Å²) in [5.74, 6) is -1.40. The van der Waals surface area contributed by atoms with Gasteiger partial charge in [0.05, 0.1) is 11.5 Å². The maximum atomic E-state index is 13.7. The summed E-state index contributed by atoms with van der Waals surface area (Å²) in [6.45, 7) is 1.87. The fourth-order valence-electron chi connectivity index (χ4n) is 1.94. The van der Waals surface area contributed by atoms with E-state index in [-0.39, 0.29) is 18.3 Å². The smallest absolute Gasteiger partial charge is 0.326 e. The fraction of sp³-hybridized carbons (Fsp3) is 0.214.